The van der Waals surface area contributed by atoms with Crippen molar-refractivity contribution in [3.63, 3.8) is 0 Å². The van der Waals surface area contributed by atoms with Crippen LogP contribution >= 0.6 is 0 Å². The summed E-state index contributed by atoms with van der Waals surface area (Å²) >= 11 is 0. The largest absolute Gasteiger partial charge is 0.506 e. The van der Waals surface area contributed by atoms with Crippen LogP contribution in [0.2, 0.25) is 0 Å². The zero-order valence-electron chi connectivity index (χ0n) is 19.2. The number of aromatic hydroxyl groups is 1. The van der Waals surface area contributed by atoms with Crippen LogP contribution in [0.15, 0.2) is 73.6 Å². The highest BCUT2D eigenvalue weighted by molar-refractivity contribution is 5.89. The molecule has 0 amide bonds. The Hall–Kier alpha value is -3.71. The molecule has 1 aromatic heterocycles. The normalized spacial score (nSPS) is 15.1. The number of aromatic nitrogens is 1. The van der Waals surface area contributed by atoms with Gasteiger partial charge in [-0.15, -0.1) is 0 Å². The maximum absolute atomic E-state index is 15.0. The van der Waals surface area contributed by atoms with Gasteiger partial charge in [0.2, 0.25) is 0 Å². The predicted octanol–water partition coefficient (Wildman–Crippen LogP) is 4.82. The van der Waals surface area contributed by atoms with Crippen molar-refractivity contribution in [3.8, 4) is 16.9 Å². The zero-order valence-corrected chi connectivity index (χ0v) is 19.2. The van der Waals surface area contributed by atoms with Crippen molar-refractivity contribution in [2.24, 2.45) is 0 Å². The van der Waals surface area contributed by atoms with Crippen molar-refractivity contribution in [1.82, 2.24) is 9.88 Å². The highest BCUT2D eigenvalue weighted by atomic mass is 19.1. The van der Waals surface area contributed by atoms with E-state index in [1.54, 1.807) is 30.5 Å². The molecule has 1 unspecified atom stereocenters. The summed E-state index contributed by atoms with van der Waals surface area (Å²) in [6.07, 6.45) is 4.50. The quantitative estimate of drug-likeness (QED) is 0.402. The fraction of sp³-hybridized carbons (Fsp3) is 0.259. The van der Waals surface area contributed by atoms with E-state index in [0.717, 1.165) is 31.9 Å². The third-order valence-electron chi connectivity index (χ3n) is 6.17. The molecule has 1 saturated heterocycles. The molecule has 34 heavy (non-hydrogen) atoms. The fourth-order valence-electron chi connectivity index (χ4n) is 4.22. The molecule has 6 nitrogen and oxygen atoms in total. The summed E-state index contributed by atoms with van der Waals surface area (Å²) < 4.78 is 20.1. The van der Waals surface area contributed by atoms with Gasteiger partial charge in [0, 0.05) is 55.2 Å². The molecule has 176 valence electrons. The summed E-state index contributed by atoms with van der Waals surface area (Å²) in [6.45, 7) is 8.95. The first-order valence-electron chi connectivity index (χ1n) is 11.3. The van der Waals surface area contributed by atoms with Gasteiger partial charge in [-0.25, -0.2) is 9.18 Å². The van der Waals surface area contributed by atoms with Crippen molar-refractivity contribution in [2.45, 2.75) is 13.0 Å². The maximum atomic E-state index is 15.0. The molecule has 0 bridgehead atoms. The molecule has 2 aromatic carbocycles. The van der Waals surface area contributed by atoms with E-state index in [9.17, 15) is 9.90 Å². The number of hydrogen-bond acceptors (Lipinski definition) is 6. The first kappa shape index (κ1) is 23.4. The highest BCUT2D eigenvalue weighted by Crippen LogP contribution is 2.30. The molecular formula is C27H28FN3O3. The van der Waals surface area contributed by atoms with Crippen molar-refractivity contribution in [1.29, 1.82) is 0 Å². The molecule has 1 N–H and O–H groups in total. The average Bonchev–Trinajstić information content (AvgIpc) is 2.87. The molecule has 3 aromatic rings. The van der Waals surface area contributed by atoms with Crippen LogP contribution in [-0.2, 0) is 4.74 Å². The Morgan fingerprint density at radius 1 is 1.12 bits per heavy atom. The number of piperazine rings is 1. The summed E-state index contributed by atoms with van der Waals surface area (Å²) in [7, 11) is 0. The summed E-state index contributed by atoms with van der Waals surface area (Å²) in [5.74, 6) is -0.580. The number of halogens is 1. The minimum atomic E-state index is -0.363. The van der Waals surface area contributed by atoms with Crippen LogP contribution in [0.25, 0.3) is 11.1 Å². The van der Waals surface area contributed by atoms with Crippen LogP contribution < -0.4 is 4.90 Å². The molecule has 0 aliphatic carbocycles. The van der Waals surface area contributed by atoms with E-state index in [1.807, 2.05) is 31.2 Å². The van der Waals surface area contributed by atoms with Gasteiger partial charge in [-0.2, -0.15) is 0 Å². The number of anilines is 1. The number of nitrogens with zero attached hydrogens (tertiary/aromatic N) is 3. The van der Waals surface area contributed by atoms with Crippen LogP contribution in [0.4, 0.5) is 10.1 Å². The number of esters is 1. The highest BCUT2D eigenvalue weighted by Gasteiger charge is 2.24. The van der Waals surface area contributed by atoms with E-state index in [-0.39, 0.29) is 30.2 Å². The standard InChI is InChI=1S/C27H28FN3O3/c1-3-14-34-27(33)20-4-7-23(8-5-20)31-12-10-30(11-13-31)19(2)25-9-6-21(16-26(25)28)22-15-24(32)18-29-17-22/h3-9,15-19,32H,1,10-14H2,2H3. The first-order chi connectivity index (χ1) is 16.5. The summed E-state index contributed by atoms with van der Waals surface area (Å²) in [6, 6.07) is 14.1. The van der Waals surface area contributed by atoms with Crippen LogP contribution in [0.1, 0.15) is 28.9 Å². The van der Waals surface area contributed by atoms with E-state index in [4.69, 9.17) is 4.74 Å². The second kappa shape index (κ2) is 10.5. The lowest BCUT2D eigenvalue weighted by atomic mass is 10.00. The van der Waals surface area contributed by atoms with Gasteiger partial charge in [-0.3, -0.25) is 9.88 Å². The molecule has 2 heterocycles. The lowest BCUT2D eigenvalue weighted by Crippen LogP contribution is -2.47. The van der Waals surface area contributed by atoms with Crippen LogP contribution in [0.5, 0.6) is 5.75 Å². The summed E-state index contributed by atoms with van der Waals surface area (Å²) in [4.78, 5) is 20.4. The van der Waals surface area contributed by atoms with Gasteiger partial charge in [0.1, 0.15) is 18.2 Å². The lowest BCUT2D eigenvalue weighted by Gasteiger charge is -2.39. The van der Waals surface area contributed by atoms with Crippen molar-refractivity contribution in [3.05, 3.63) is 90.5 Å². The third kappa shape index (κ3) is 5.26. The monoisotopic (exact) mass is 461 g/mol. The second-order valence-electron chi connectivity index (χ2n) is 8.30. The number of ether oxygens (including phenoxy) is 1. The number of rotatable bonds is 7. The van der Waals surface area contributed by atoms with Gasteiger partial charge >= 0.3 is 5.97 Å². The fourth-order valence-corrected chi connectivity index (χ4v) is 4.22. The Kier molecular flexibility index (Phi) is 7.23. The molecule has 4 rings (SSSR count). The number of benzene rings is 2. The van der Waals surface area contributed by atoms with Gasteiger partial charge in [-0.1, -0.05) is 24.8 Å². The average molecular weight is 462 g/mol. The Labute approximate surface area is 198 Å². The van der Waals surface area contributed by atoms with Crippen molar-refractivity contribution < 1.29 is 19.0 Å². The third-order valence-corrected chi connectivity index (χ3v) is 6.17. The van der Waals surface area contributed by atoms with Gasteiger partial charge in [0.25, 0.3) is 0 Å². The van der Waals surface area contributed by atoms with Gasteiger partial charge < -0.3 is 14.7 Å². The van der Waals surface area contributed by atoms with E-state index in [1.165, 1.54) is 12.3 Å². The Morgan fingerprint density at radius 2 is 1.85 bits per heavy atom. The van der Waals surface area contributed by atoms with Crippen LogP contribution in [0, 0.1) is 5.82 Å². The number of pyridine rings is 1. The topological polar surface area (TPSA) is 65.9 Å². The van der Waals surface area contributed by atoms with Crippen molar-refractivity contribution >= 4 is 11.7 Å². The van der Waals surface area contributed by atoms with Gasteiger partial charge in [0.05, 0.1) is 11.8 Å². The molecule has 7 heteroatoms. The van der Waals surface area contributed by atoms with Gasteiger partial charge in [0.15, 0.2) is 0 Å². The van der Waals surface area contributed by atoms with E-state index in [2.05, 4.69) is 21.4 Å². The molecule has 0 saturated carbocycles. The summed E-state index contributed by atoms with van der Waals surface area (Å²) in [5.41, 5.74) is 3.55. The van der Waals surface area contributed by atoms with Crippen LogP contribution in [-0.4, -0.2) is 53.7 Å². The van der Waals surface area contributed by atoms with E-state index < -0.39 is 0 Å². The van der Waals surface area contributed by atoms with E-state index >= 15 is 4.39 Å². The van der Waals surface area contributed by atoms with E-state index in [0.29, 0.717) is 22.3 Å². The molecule has 1 aliphatic rings. The smallest absolute Gasteiger partial charge is 0.338 e. The lowest BCUT2D eigenvalue weighted by molar-refractivity contribution is 0.0549. The molecule has 1 aliphatic heterocycles. The van der Waals surface area contributed by atoms with Crippen molar-refractivity contribution in [2.75, 3.05) is 37.7 Å². The Balaban J connectivity index is 1.37. The molecule has 1 fully saturated rings. The Morgan fingerprint density at radius 3 is 2.50 bits per heavy atom. The SMILES string of the molecule is C=CCOC(=O)c1ccc(N2CCN(C(C)c3ccc(-c4cncc(O)c4)cc3F)CC2)cc1. The number of carbonyl (C=O) groups is 1. The molecule has 0 spiro atoms. The summed E-state index contributed by atoms with van der Waals surface area (Å²) in [5, 5.41) is 9.64. The minimum Gasteiger partial charge on any atom is -0.506 e. The van der Waals surface area contributed by atoms with Gasteiger partial charge in [-0.05, 0) is 48.9 Å². The molecule has 1 atom stereocenters. The number of carbonyl (C=O) groups excluding carboxylic acids is 1. The maximum Gasteiger partial charge on any atom is 0.338 e. The minimum absolute atomic E-state index is 0.0514. The zero-order chi connectivity index (χ0) is 24.1. The predicted molar refractivity (Wildman–Crippen MR) is 130 cm³/mol. The first-order valence-corrected chi connectivity index (χ1v) is 11.3. The molecular weight excluding hydrogens is 433 g/mol. The second-order valence-corrected chi connectivity index (χ2v) is 8.30. The van der Waals surface area contributed by atoms with Crippen LogP contribution in [0.3, 0.4) is 0 Å². The Bertz CT molecular complexity index is 1160. The molecule has 0 radical (unpaired) electrons. The number of hydrogen-bond donors (Lipinski definition) is 1.